The van der Waals surface area contributed by atoms with Crippen LogP contribution >= 0.6 is 11.3 Å². The number of anilines is 1. The predicted molar refractivity (Wildman–Crippen MR) is 127 cm³/mol. The maximum atomic E-state index is 13.5. The lowest BCUT2D eigenvalue weighted by Crippen LogP contribution is -2.26. The fraction of sp³-hybridized carbons (Fsp3) is 0.240. The molecule has 162 valence electrons. The number of aromatic nitrogens is 3. The summed E-state index contributed by atoms with van der Waals surface area (Å²) in [5, 5.41) is 7.85. The van der Waals surface area contributed by atoms with Gasteiger partial charge in [-0.25, -0.2) is 19.3 Å². The fourth-order valence-corrected chi connectivity index (χ4v) is 5.13. The topological polar surface area (TPSA) is 62.7 Å². The van der Waals surface area contributed by atoms with Gasteiger partial charge in [0.2, 0.25) is 5.95 Å². The van der Waals surface area contributed by atoms with E-state index >= 15 is 0 Å². The standard InChI is InChI=1S/C25H24FN5S/c26-20-8-6-18(7-9-20)22-23(32-24(31-22)19-10-13-27-14-11-19)21-12-15-28-25(30-21)29-16-17-4-2-1-3-5-17/h1-9,12,15,19,27H,10-11,13-14,16H2,(H,28,29,30). The summed E-state index contributed by atoms with van der Waals surface area (Å²) in [4.78, 5) is 15.2. The van der Waals surface area contributed by atoms with Gasteiger partial charge in [0.05, 0.1) is 21.3 Å². The van der Waals surface area contributed by atoms with Gasteiger partial charge in [0.25, 0.3) is 0 Å². The van der Waals surface area contributed by atoms with Gasteiger partial charge in [-0.3, -0.25) is 0 Å². The summed E-state index contributed by atoms with van der Waals surface area (Å²) >= 11 is 1.69. The molecule has 7 heteroatoms. The van der Waals surface area contributed by atoms with E-state index in [1.165, 1.54) is 17.7 Å². The van der Waals surface area contributed by atoms with Gasteiger partial charge in [-0.2, -0.15) is 0 Å². The van der Waals surface area contributed by atoms with Gasteiger partial charge in [-0.15, -0.1) is 11.3 Å². The summed E-state index contributed by atoms with van der Waals surface area (Å²) in [6.45, 7) is 2.66. The van der Waals surface area contributed by atoms with E-state index in [0.717, 1.165) is 52.8 Å². The van der Waals surface area contributed by atoms with Crippen molar-refractivity contribution in [2.24, 2.45) is 0 Å². The van der Waals surface area contributed by atoms with Crippen LogP contribution in [0.3, 0.4) is 0 Å². The molecule has 0 unspecified atom stereocenters. The third kappa shape index (κ3) is 4.69. The molecule has 1 saturated heterocycles. The quantitative estimate of drug-likeness (QED) is 0.411. The zero-order valence-electron chi connectivity index (χ0n) is 17.6. The molecule has 2 N–H and O–H groups in total. The van der Waals surface area contributed by atoms with Gasteiger partial charge in [0, 0.05) is 24.2 Å². The first-order valence-electron chi connectivity index (χ1n) is 10.8. The van der Waals surface area contributed by atoms with E-state index in [-0.39, 0.29) is 5.82 Å². The van der Waals surface area contributed by atoms with E-state index in [2.05, 4.69) is 27.8 Å². The number of thiazole rings is 1. The summed E-state index contributed by atoms with van der Waals surface area (Å²) in [6.07, 6.45) is 3.92. The number of halogens is 1. The molecule has 1 aliphatic rings. The fourth-order valence-electron chi connectivity index (χ4n) is 3.90. The lowest BCUT2D eigenvalue weighted by Gasteiger charge is -2.20. The highest BCUT2D eigenvalue weighted by molar-refractivity contribution is 7.15. The largest absolute Gasteiger partial charge is 0.350 e. The van der Waals surface area contributed by atoms with Crippen molar-refractivity contribution < 1.29 is 4.39 Å². The second kappa shape index (κ2) is 9.54. The number of rotatable bonds is 6. The van der Waals surface area contributed by atoms with Crippen LogP contribution in [0.25, 0.3) is 21.8 Å². The van der Waals surface area contributed by atoms with Crippen LogP contribution in [0.15, 0.2) is 66.9 Å². The summed E-state index contributed by atoms with van der Waals surface area (Å²) < 4.78 is 13.5. The van der Waals surface area contributed by atoms with Gasteiger partial charge < -0.3 is 10.6 Å². The average molecular weight is 446 g/mol. The Morgan fingerprint density at radius 1 is 0.969 bits per heavy atom. The first kappa shape index (κ1) is 20.7. The molecule has 5 nitrogen and oxygen atoms in total. The van der Waals surface area contributed by atoms with Crippen molar-refractivity contribution >= 4 is 17.3 Å². The van der Waals surface area contributed by atoms with Gasteiger partial charge in [-0.05, 0) is 61.8 Å². The van der Waals surface area contributed by atoms with E-state index in [1.807, 2.05) is 24.3 Å². The lowest BCUT2D eigenvalue weighted by molar-refractivity contribution is 0.459. The first-order valence-corrected chi connectivity index (χ1v) is 11.7. The lowest BCUT2D eigenvalue weighted by atomic mass is 9.99. The number of nitrogens with zero attached hydrogens (tertiary/aromatic N) is 3. The van der Waals surface area contributed by atoms with Crippen molar-refractivity contribution in [3.8, 4) is 21.8 Å². The molecule has 0 aliphatic carbocycles. The molecule has 0 amide bonds. The third-order valence-electron chi connectivity index (χ3n) is 5.63. The Bertz CT molecular complexity index is 1170. The van der Waals surface area contributed by atoms with E-state index in [1.54, 1.807) is 29.7 Å². The molecule has 2 aromatic heterocycles. The molecule has 4 aromatic rings. The predicted octanol–water partition coefficient (Wildman–Crippen LogP) is 5.49. The molecule has 5 rings (SSSR count). The molecule has 32 heavy (non-hydrogen) atoms. The minimum absolute atomic E-state index is 0.251. The van der Waals surface area contributed by atoms with E-state index in [4.69, 9.17) is 9.97 Å². The molecular weight excluding hydrogens is 421 g/mol. The zero-order valence-corrected chi connectivity index (χ0v) is 18.4. The van der Waals surface area contributed by atoms with Crippen molar-refractivity contribution in [2.45, 2.75) is 25.3 Å². The molecule has 1 aliphatic heterocycles. The van der Waals surface area contributed by atoms with Crippen LogP contribution in [0.5, 0.6) is 0 Å². The summed E-state index contributed by atoms with van der Waals surface area (Å²) in [5.74, 6) is 0.762. The highest BCUT2D eigenvalue weighted by Gasteiger charge is 2.23. The number of hydrogen-bond donors (Lipinski definition) is 2. The van der Waals surface area contributed by atoms with Gasteiger partial charge in [-0.1, -0.05) is 30.3 Å². The molecule has 0 atom stereocenters. The smallest absolute Gasteiger partial charge is 0.223 e. The number of piperidine rings is 1. The van der Waals surface area contributed by atoms with E-state index in [9.17, 15) is 4.39 Å². The van der Waals surface area contributed by atoms with Crippen molar-refractivity contribution in [3.63, 3.8) is 0 Å². The minimum Gasteiger partial charge on any atom is -0.350 e. The summed E-state index contributed by atoms with van der Waals surface area (Å²) in [6, 6.07) is 18.6. The van der Waals surface area contributed by atoms with Crippen LogP contribution in [-0.4, -0.2) is 28.0 Å². The average Bonchev–Trinajstić information content (AvgIpc) is 3.30. The monoisotopic (exact) mass is 445 g/mol. The maximum absolute atomic E-state index is 13.5. The molecule has 0 bridgehead atoms. The molecule has 3 heterocycles. The van der Waals surface area contributed by atoms with Crippen LogP contribution in [0, 0.1) is 5.82 Å². The molecule has 0 saturated carbocycles. The van der Waals surface area contributed by atoms with Gasteiger partial charge in [0.1, 0.15) is 5.82 Å². The zero-order chi connectivity index (χ0) is 21.8. The van der Waals surface area contributed by atoms with Crippen molar-refractivity contribution in [1.82, 2.24) is 20.3 Å². The van der Waals surface area contributed by atoms with E-state index < -0.39 is 0 Å². The number of hydrogen-bond acceptors (Lipinski definition) is 6. The molecule has 1 fully saturated rings. The van der Waals surface area contributed by atoms with Crippen molar-refractivity contribution in [2.75, 3.05) is 18.4 Å². The first-order chi connectivity index (χ1) is 15.8. The number of nitrogens with one attached hydrogen (secondary N) is 2. The molecule has 0 spiro atoms. The van der Waals surface area contributed by atoms with Gasteiger partial charge in [0.15, 0.2) is 0 Å². The molecule has 0 radical (unpaired) electrons. The van der Waals surface area contributed by atoms with Gasteiger partial charge >= 0.3 is 0 Å². The molecular formula is C25H24FN5S. The third-order valence-corrected chi connectivity index (χ3v) is 6.87. The highest BCUT2D eigenvalue weighted by Crippen LogP contribution is 2.40. The Kier molecular flexibility index (Phi) is 6.18. The number of benzene rings is 2. The Balaban J connectivity index is 1.48. The molecule has 2 aromatic carbocycles. The minimum atomic E-state index is -0.251. The Labute approximate surface area is 190 Å². The Hall–Kier alpha value is -3.16. The van der Waals surface area contributed by atoms with Crippen LogP contribution in [0.2, 0.25) is 0 Å². The normalized spacial score (nSPS) is 14.4. The highest BCUT2D eigenvalue weighted by atomic mass is 32.1. The van der Waals surface area contributed by atoms with Crippen LogP contribution in [0.1, 0.15) is 29.3 Å². The van der Waals surface area contributed by atoms with Crippen LogP contribution < -0.4 is 10.6 Å². The van der Waals surface area contributed by atoms with Crippen LogP contribution in [0.4, 0.5) is 10.3 Å². The van der Waals surface area contributed by atoms with Crippen molar-refractivity contribution in [1.29, 1.82) is 0 Å². The van der Waals surface area contributed by atoms with E-state index in [0.29, 0.717) is 18.4 Å². The van der Waals surface area contributed by atoms with Crippen molar-refractivity contribution in [3.05, 3.63) is 83.2 Å². The maximum Gasteiger partial charge on any atom is 0.223 e. The second-order valence-electron chi connectivity index (χ2n) is 7.87. The second-order valence-corrected chi connectivity index (χ2v) is 8.90. The van der Waals surface area contributed by atoms with Crippen LogP contribution in [-0.2, 0) is 6.54 Å². The Morgan fingerprint density at radius 2 is 1.75 bits per heavy atom. The Morgan fingerprint density at radius 3 is 2.53 bits per heavy atom. The summed E-state index contributed by atoms with van der Waals surface area (Å²) in [7, 11) is 0. The summed E-state index contributed by atoms with van der Waals surface area (Å²) in [5.41, 5.74) is 3.75. The SMILES string of the molecule is Fc1ccc(-c2nc(C3CCNCC3)sc2-c2ccnc(NCc3ccccc3)n2)cc1.